The molecule has 0 unspecified atom stereocenters. The van der Waals surface area contributed by atoms with E-state index in [4.69, 9.17) is 17.3 Å². The Hall–Kier alpha value is -1.38. The SMILES string of the molecule is CN(C)C(=O)CN(C)S(=O)(=O)c1cc(N)cc(Cl)c1F. The third-order valence-electron chi connectivity index (χ3n) is 2.56. The van der Waals surface area contributed by atoms with E-state index in [1.807, 2.05) is 0 Å². The number of hydrogen-bond donors (Lipinski definition) is 1. The molecule has 0 bridgehead atoms. The quantitative estimate of drug-likeness (QED) is 0.830. The number of carbonyl (C=O) groups excluding carboxylic acids is 1. The molecule has 112 valence electrons. The van der Waals surface area contributed by atoms with Crippen molar-refractivity contribution in [3.63, 3.8) is 0 Å². The topological polar surface area (TPSA) is 83.7 Å². The van der Waals surface area contributed by atoms with Crippen molar-refractivity contribution in [2.24, 2.45) is 0 Å². The largest absolute Gasteiger partial charge is 0.399 e. The zero-order chi connectivity index (χ0) is 15.7. The van der Waals surface area contributed by atoms with Crippen LogP contribution >= 0.6 is 11.6 Å². The lowest BCUT2D eigenvalue weighted by atomic mass is 10.3. The number of benzene rings is 1. The first kappa shape index (κ1) is 16.7. The maximum atomic E-state index is 13.8. The van der Waals surface area contributed by atoms with Crippen molar-refractivity contribution in [1.29, 1.82) is 0 Å². The molecule has 6 nitrogen and oxygen atoms in total. The Balaban J connectivity index is 3.21. The van der Waals surface area contributed by atoms with E-state index in [9.17, 15) is 17.6 Å². The van der Waals surface area contributed by atoms with E-state index in [2.05, 4.69) is 0 Å². The summed E-state index contributed by atoms with van der Waals surface area (Å²) in [4.78, 5) is 12.1. The number of nitrogens with two attached hydrogens (primary N) is 1. The number of rotatable bonds is 4. The van der Waals surface area contributed by atoms with Gasteiger partial charge in [-0.15, -0.1) is 0 Å². The van der Waals surface area contributed by atoms with Gasteiger partial charge in [-0.05, 0) is 12.1 Å². The zero-order valence-electron chi connectivity index (χ0n) is 11.2. The van der Waals surface area contributed by atoms with E-state index in [0.717, 1.165) is 16.4 Å². The van der Waals surface area contributed by atoms with Gasteiger partial charge in [-0.25, -0.2) is 12.8 Å². The second kappa shape index (κ2) is 5.94. The van der Waals surface area contributed by atoms with Crippen LogP contribution in [0.3, 0.4) is 0 Å². The third-order valence-corrected chi connectivity index (χ3v) is 4.64. The maximum absolute atomic E-state index is 13.8. The van der Waals surface area contributed by atoms with E-state index in [-0.39, 0.29) is 5.69 Å². The summed E-state index contributed by atoms with van der Waals surface area (Å²) in [7, 11) is -0.0493. The van der Waals surface area contributed by atoms with Gasteiger partial charge in [0.25, 0.3) is 0 Å². The van der Waals surface area contributed by atoms with Gasteiger partial charge in [0.15, 0.2) is 5.82 Å². The lowest BCUT2D eigenvalue weighted by molar-refractivity contribution is -0.128. The van der Waals surface area contributed by atoms with Crippen LogP contribution in [0.2, 0.25) is 5.02 Å². The molecule has 0 spiro atoms. The van der Waals surface area contributed by atoms with Crippen LogP contribution < -0.4 is 5.73 Å². The minimum absolute atomic E-state index is 0.0160. The number of halogens is 2. The van der Waals surface area contributed by atoms with Crippen LogP contribution in [0, 0.1) is 5.82 Å². The highest BCUT2D eigenvalue weighted by molar-refractivity contribution is 7.89. The monoisotopic (exact) mass is 323 g/mol. The molecule has 0 saturated carbocycles. The summed E-state index contributed by atoms with van der Waals surface area (Å²) in [6.45, 7) is -0.415. The van der Waals surface area contributed by atoms with Gasteiger partial charge in [0.1, 0.15) is 4.90 Å². The summed E-state index contributed by atoms with van der Waals surface area (Å²) in [6, 6.07) is 2.08. The molecule has 1 aromatic rings. The van der Waals surface area contributed by atoms with Crippen LogP contribution in [0.15, 0.2) is 17.0 Å². The van der Waals surface area contributed by atoms with Crippen LogP contribution in [0.5, 0.6) is 0 Å². The summed E-state index contributed by atoms with van der Waals surface area (Å²) in [5.74, 6) is -1.53. The molecule has 1 aromatic carbocycles. The highest BCUT2D eigenvalue weighted by Crippen LogP contribution is 2.27. The summed E-state index contributed by atoms with van der Waals surface area (Å²) >= 11 is 5.57. The van der Waals surface area contributed by atoms with Gasteiger partial charge < -0.3 is 10.6 Å². The zero-order valence-corrected chi connectivity index (χ0v) is 12.8. The summed E-state index contributed by atoms with van der Waals surface area (Å²) < 4.78 is 39.0. The molecule has 9 heteroatoms. The van der Waals surface area contributed by atoms with Gasteiger partial charge in [0, 0.05) is 26.8 Å². The molecule has 0 fully saturated rings. The predicted octanol–water partition coefficient (Wildman–Crippen LogP) is 0.770. The van der Waals surface area contributed by atoms with Gasteiger partial charge in [-0.1, -0.05) is 11.6 Å². The minimum Gasteiger partial charge on any atom is -0.399 e. The first-order chi connectivity index (χ1) is 9.07. The number of amides is 1. The van der Waals surface area contributed by atoms with Crippen LogP contribution in [0.1, 0.15) is 0 Å². The Bertz CT molecular complexity index is 634. The highest BCUT2D eigenvalue weighted by Gasteiger charge is 2.28. The van der Waals surface area contributed by atoms with Crippen molar-refractivity contribution < 1.29 is 17.6 Å². The van der Waals surface area contributed by atoms with Crippen molar-refractivity contribution >= 4 is 33.2 Å². The second-order valence-corrected chi connectivity index (χ2v) is 6.78. The molecule has 20 heavy (non-hydrogen) atoms. The van der Waals surface area contributed by atoms with Crippen LogP contribution in [0.25, 0.3) is 0 Å². The molecule has 1 amide bonds. The Morgan fingerprint density at radius 3 is 2.40 bits per heavy atom. The van der Waals surface area contributed by atoms with E-state index in [1.54, 1.807) is 0 Å². The Morgan fingerprint density at radius 1 is 1.35 bits per heavy atom. The van der Waals surface area contributed by atoms with Crippen molar-refractivity contribution in [3.05, 3.63) is 23.0 Å². The third kappa shape index (κ3) is 3.38. The molecule has 0 aliphatic rings. The fraction of sp³-hybridized carbons (Fsp3) is 0.364. The van der Waals surface area contributed by atoms with Gasteiger partial charge in [0.2, 0.25) is 15.9 Å². The number of sulfonamides is 1. The first-order valence-corrected chi connectivity index (χ1v) is 7.30. The molecule has 0 heterocycles. The molecule has 0 aromatic heterocycles. The van der Waals surface area contributed by atoms with E-state index >= 15 is 0 Å². The first-order valence-electron chi connectivity index (χ1n) is 5.48. The molecule has 0 saturated heterocycles. The summed E-state index contributed by atoms with van der Waals surface area (Å²) in [5.41, 5.74) is 5.48. The van der Waals surface area contributed by atoms with Gasteiger partial charge in [-0.2, -0.15) is 4.31 Å². The van der Waals surface area contributed by atoms with Crippen LogP contribution in [0.4, 0.5) is 10.1 Å². The molecule has 0 radical (unpaired) electrons. The van der Waals surface area contributed by atoms with E-state index in [0.29, 0.717) is 0 Å². The van der Waals surface area contributed by atoms with Gasteiger partial charge in [0.05, 0.1) is 11.6 Å². The Labute approximate surface area is 122 Å². The average Bonchev–Trinajstić information content (AvgIpc) is 2.33. The number of anilines is 1. The summed E-state index contributed by atoms with van der Waals surface area (Å²) in [6.07, 6.45) is 0. The fourth-order valence-corrected chi connectivity index (χ4v) is 2.88. The van der Waals surface area contributed by atoms with Crippen molar-refractivity contribution in [1.82, 2.24) is 9.21 Å². The lowest BCUT2D eigenvalue weighted by Crippen LogP contribution is -2.38. The second-order valence-electron chi connectivity index (χ2n) is 4.36. The molecule has 1 rings (SSSR count). The molecule has 0 aliphatic carbocycles. The summed E-state index contributed by atoms with van der Waals surface area (Å²) in [5, 5.41) is -0.393. The molecular weight excluding hydrogens is 309 g/mol. The molecule has 0 aliphatic heterocycles. The van der Waals surface area contributed by atoms with Gasteiger partial charge >= 0.3 is 0 Å². The minimum atomic E-state index is -4.20. The lowest BCUT2D eigenvalue weighted by Gasteiger charge is -2.19. The Kier molecular flexibility index (Phi) is 4.95. The molecular formula is C11H15ClFN3O3S. The van der Waals surface area contributed by atoms with E-state index < -0.39 is 38.2 Å². The predicted molar refractivity (Wildman–Crippen MR) is 74.3 cm³/mol. The number of nitrogens with zero attached hydrogens (tertiary/aromatic N) is 2. The van der Waals surface area contributed by atoms with Gasteiger partial charge in [-0.3, -0.25) is 4.79 Å². The normalized spacial score (nSPS) is 11.7. The standard InChI is InChI=1S/C11H15ClFN3O3S/c1-15(2)10(17)6-16(3)20(18,19)9-5-7(14)4-8(12)11(9)13/h4-5H,6,14H2,1-3H3. The number of carbonyl (C=O) groups is 1. The van der Waals surface area contributed by atoms with Crippen molar-refractivity contribution in [2.45, 2.75) is 4.90 Å². The maximum Gasteiger partial charge on any atom is 0.246 e. The van der Waals surface area contributed by atoms with Crippen LogP contribution in [-0.2, 0) is 14.8 Å². The van der Waals surface area contributed by atoms with Crippen molar-refractivity contribution in [3.8, 4) is 0 Å². The Morgan fingerprint density at radius 2 is 1.90 bits per heavy atom. The van der Waals surface area contributed by atoms with E-state index in [1.165, 1.54) is 26.0 Å². The molecule has 0 atom stereocenters. The van der Waals surface area contributed by atoms with Crippen LogP contribution in [-0.4, -0.2) is 51.2 Å². The smallest absolute Gasteiger partial charge is 0.246 e. The molecule has 2 N–H and O–H groups in total. The number of nitrogen functional groups attached to an aromatic ring is 1. The highest BCUT2D eigenvalue weighted by atomic mass is 35.5. The van der Waals surface area contributed by atoms with Crippen molar-refractivity contribution in [2.75, 3.05) is 33.4 Å². The fourth-order valence-electron chi connectivity index (χ4n) is 1.36. The number of hydrogen-bond acceptors (Lipinski definition) is 4. The number of likely N-dealkylation sites (N-methyl/N-ethyl adjacent to an activating group) is 2. The average molecular weight is 324 g/mol.